The number of nitrogens with zero attached hydrogens (tertiary/aromatic N) is 2. The summed E-state index contributed by atoms with van der Waals surface area (Å²) in [5.41, 5.74) is 2.46. The second kappa shape index (κ2) is 4.78. The maximum absolute atomic E-state index is 12.3. The predicted molar refractivity (Wildman–Crippen MR) is 68.1 cm³/mol. The van der Waals surface area contributed by atoms with Crippen LogP contribution in [0.4, 0.5) is 5.69 Å². The Morgan fingerprint density at radius 3 is 2.53 bits per heavy atom. The van der Waals surface area contributed by atoms with E-state index in [4.69, 9.17) is 0 Å². The largest absolute Gasteiger partial charge is 0.311 e. The van der Waals surface area contributed by atoms with E-state index in [0.717, 1.165) is 11.3 Å². The van der Waals surface area contributed by atoms with E-state index in [2.05, 4.69) is 4.98 Å². The Morgan fingerprint density at radius 2 is 1.88 bits per heavy atom. The van der Waals surface area contributed by atoms with Gasteiger partial charge in [0.25, 0.3) is 5.91 Å². The molecule has 1 amide bonds. The summed E-state index contributed by atoms with van der Waals surface area (Å²) in [7, 11) is 1.78. The van der Waals surface area contributed by atoms with Gasteiger partial charge < -0.3 is 4.90 Å². The molecule has 0 unspecified atom stereocenters. The number of aryl methyl sites for hydroxylation is 1. The topological polar surface area (TPSA) is 33.2 Å². The summed E-state index contributed by atoms with van der Waals surface area (Å²) >= 11 is 0. The number of hydrogen-bond donors (Lipinski definition) is 0. The van der Waals surface area contributed by atoms with Gasteiger partial charge in [-0.25, -0.2) is 0 Å². The Hall–Kier alpha value is -2.16. The summed E-state index contributed by atoms with van der Waals surface area (Å²) in [5, 5.41) is 0. The first-order valence-electron chi connectivity index (χ1n) is 5.44. The van der Waals surface area contributed by atoms with Crippen molar-refractivity contribution in [3.8, 4) is 0 Å². The van der Waals surface area contributed by atoms with Gasteiger partial charge in [0.15, 0.2) is 0 Å². The molecule has 0 radical (unpaired) electrons. The Bertz CT molecular complexity index is 523. The predicted octanol–water partition coefficient (Wildman–Crippen LogP) is 2.67. The van der Waals surface area contributed by atoms with Crippen LogP contribution in [0, 0.1) is 6.92 Å². The second-order valence-corrected chi connectivity index (χ2v) is 3.89. The number of carbonyl (C=O) groups is 1. The zero-order valence-electron chi connectivity index (χ0n) is 9.92. The lowest BCUT2D eigenvalue weighted by Crippen LogP contribution is -2.26. The molecule has 0 bridgehead atoms. The Labute approximate surface area is 101 Å². The summed E-state index contributed by atoms with van der Waals surface area (Å²) in [4.78, 5) is 17.9. The third-order valence-corrected chi connectivity index (χ3v) is 2.70. The van der Waals surface area contributed by atoms with Gasteiger partial charge in [-0.1, -0.05) is 18.2 Å². The molecule has 0 fully saturated rings. The van der Waals surface area contributed by atoms with Crippen molar-refractivity contribution in [1.82, 2.24) is 4.98 Å². The van der Waals surface area contributed by atoms with Gasteiger partial charge in [-0.3, -0.25) is 9.78 Å². The maximum atomic E-state index is 12.3. The summed E-state index contributed by atoms with van der Waals surface area (Å²) in [6.07, 6.45) is 3.34. The van der Waals surface area contributed by atoms with E-state index in [1.54, 1.807) is 30.4 Å². The van der Waals surface area contributed by atoms with Gasteiger partial charge in [-0.2, -0.15) is 0 Å². The van der Waals surface area contributed by atoms with Crippen LogP contribution >= 0.6 is 0 Å². The molecule has 86 valence electrons. The van der Waals surface area contributed by atoms with E-state index in [1.165, 1.54) is 0 Å². The minimum absolute atomic E-state index is 0.0175. The minimum Gasteiger partial charge on any atom is -0.311 e. The molecule has 1 aromatic heterocycles. The molecule has 3 heteroatoms. The van der Waals surface area contributed by atoms with Crippen LogP contribution in [0.1, 0.15) is 15.9 Å². The van der Waals surface area contributed by atoms with Gasteiger partial charge in [0.2, 0.25) is 0 Å². The number of anilines is 1. The van der Waals surface area contributed by atoms with Crippen LogP contribution in [0.5, 0.6) is 0 Å². The number of amides is 1. The zero-order valence-corrected chi connectivity index (χ0v) is 9.92. The average molecular weight is 226 g/mol. The van der Waals surface area contributed by atoms with E-state index in [0.29, 0.717) is 5.56 Å². The molecule has 0 N–H and O–H groups in total. The molecule has 2 rings (SSSR count). The minimum atomic E-state index is -0.0175. The Balaban J connectivity index is 2.30. The van der Waals surface area contributed by atoms with Crippen molar-refractivity contribution in [2.75, 3.05) is 11.9 Å². The molecule has 2 aromatic rings. The summed E-state index contributed by atoms with van der Waals surface area (Å²) in [6.45, 7) is 1.89. The molecule has 0 saturated carbocycles. The molecule has 1 heterocycles. The molecule has 1 aromatic carbocycles. The fraction of sp³-hybridized carbons (Fsp3) is 0.143. The van der Waals surface area contributed by atoms with Crippen molar-refractivity contribution in [3.63, 3.8) is 0 Å². The number of carbonyl (C=O) groups excluding carboxylic acids is 1. The molecule has 0 aliphatic rings. The highest BCUT2D eigenvalue weighted by Crippen LogP contribution is 2.16. The van der Waals surface area contributed by atoms with Gasteiger partial charge in [-0.15, -0.1) is 0 Å². The number of para-hydroxylation sites is 1. The quantitative estimate of drug-likeness (QED) is 0.788. The maximum Gasteiger partial charge on any atom is 0.258 e. The standard InChI is InChI=1S/C14H14N2O/c1-11-10-15-9-8-13(11)14(17)16(2)12-6-4-3-5-7-12/h3-10H,1-2H3. The van der Waals surface area contributed by atoms with E-state index >= 15 is 0 Å². The first-order chi connectivity index (χ1) is 8.20. The first-order valence-corrected chi connectivity index (χ1v) is 5.44. The highest BCUT2D eigenvalue weighted by atomic mass is 16.2. The van der Waals surface area contributed by atoms with E-state index in [1.807, 2.05) is 37.3 Å². The van der Waals surface area contributed by atoms with Crippen LogP contribution in [0.15, 0.2) is 48.8 Å². The molecule has 0 aliphatic carbocycles. The third kappa shape index (κ3) is 2.33. The Kier molecular flexibility index (Phi) is 3.19. The number of aromatic nitrogens is 1. The Morgan fingerprint density at radius 1 is 1.18 bits per heavy atom. The van der Waals surface area contributed by atoms with Crippen LogP contribution < -0.4 is 4.90 Å². The van der Waals surface area contributed by atoms with Crippen molar-refractivity contribution in [1.29, 1.82) is 0 Å². The lowest BCUT2D eigenvalue weighted by atomic mass is 10.1. The molecule has 0 spiro atoms. The second-order valence-electron chi connectivity index (χ2n) is 3.89. The van der Waals surface area contributed by atoms with Crippen LogP contribution in [0.25, 0.3) is 0 Å². The van der Waals surface area contributed by atoms with Crippen LogP contribution in [-0.4, -0.2) is 17.9 Å². The average Bonchev–Trinajstić information content (AvgIpc) is 2.39. The van der Waals surface area contributed by atoms with Crippen molar-refractivity contribution < 1.29 is 4.79 Å². The molecular weight excluding hydrogens is 212 g/mol. The van der Waals surface area contributed by atoms with Crippen LogP contribution in [0.3, 0.4) is 0 Å². The third-order valence-electron chi connectivity index (χ3n) is 2.70. The molecule has 17 heavy (non-hydrogen) atoms. The SMILES string of the molecule is Cc1cnccc1C(=O)N(C)c1ccccc1. The van der Waals surface area contributed by atoms with Crippen molar-refractivity contribution in [2.45, 2.75) is 6.92 Å². The normalized spacial score (nSPS) is 10.0. The number of pyridine rings is 1. The van der Waals surface area contributed by atoms with Gasteiger partial charge in [0, 0.05) is 30.7 Å². The summed E-state index contributed by atoms with van der Waals surface area (Å²) in [6, 6.07) is 11.3. The van der Waals surface area contributed by atoms with Crippen LogP contribution in [-0.2, 0) is 0 Å². The van der Waals surface area contributed by atoms with Crippen LogP contribution in [0.2, 0.25) is 0 Å². The molecule has 0 atom stereocenters. The molecule has 3 nitrogen and oxygen atoms in total. The van der Waals surface area contributed by atoms with Crippen molar-refractivity contribution in [2.24, 2.45) is 0 Å². The lowest BCUT2D eigenvalue weighted by molar-refractivity contribution is 0.0992. The molecule has 0 aliphatic heterocycles. The summed E-state index contributed by atoms with van der Waals surface area (Å²) in [5.74, 6) is -0.0175. The number of hydrogen-bond acceptors (Lipinski definition) is 2. The smallest absolute Gasteiger partial charge is 0.258 e. The first kappa shape index (κ1) is 11.3. The monoisotopic (exact) mass is 226 g/mol. The number of rotatable bonds is 2. The highest BCUT2D eigenvalue weighted by molar-refractivity contribution is 6.06. The lowest BCUT2D eigenvalue weighted by Gasteiger charge is -2.18. The van der Waals surface area contributed by atoms with Crippen molar-refractivity contribution >= 4 is 11.6 Å². The zero-order chi connectivity index (χ0) is 12.3. The number of benzene rings is 1. The highest BCUT2D eigenvalue weighted by Gasteiger charge is 2.14. The van der Waals surface area contributed by atoms with E-state index in [9.17, 15) is 4.79 Å². The van der Waals surface area contributed by atoms with E-state index in [-0.39, 0.29) is 5.91 Å². The van der Waals surface area contributed by atoms with Gasteiger partial charge in [0.05, 0.1) is 0 Å². The molecular formula is C14H14N2O. The fourth-order valence-electron chi connectivity index (χ4n) is 1.66. The fourth-order valence-corrected chi connectivity index (χ4v) is 1.66. The van der Waals surface area contributed by atoms with Crippen molar-refractivity contribution in [3.05, 3.63) is 59.9 Å². The van der Waals surface area contributed by atoms with E-state index < -0.39 is 0 Å². The van der Waals surface area contributed by atoms with Gasteiger partial charge in [-0.05, 0) is 30.7 Å². The van der Waals surface area contributed by atoms with Gasteiger partial charge in [0.1, 0.15) is 0 Å². The summed E-state index contributed by atoms with van der Waals surface area (Å²) < 4.78 is 0. The van der Waals surface area contributed by atoms with Gasteiger partial charge >= 0.3 is 0 Å². The molecule has 0 saturated heterocycles.